The summed E-state index contributed by atoms with van der Waals surface area (Å²) in [7, 11) is 1.85. The average molecular weight is 320 g/mol. The van der Waals surface area contributed by atoms with Gasteiger partial charge in [-0.05, 0) is 44.7 Å². The van der Waals surface area contributed by atoms with Crippen molar-refractivity contribution in [3.05, 3.63) is 29.3 Å². The molecule has 0 aliphatic carbocycles. The van der Waals surface area contributed by atoms with Crippen LogP contribution in [0.1, 0.15) is 30.9 Å². The van der Waals surface area contributed by atoms with E-state index in [9.17, 15) is 4.79 Å². The van der Waals surface area contributed by atoms with Crippen LogP contribution in [-0.2, 0) is 4.74 Å². The number of carbonyl (C=O) groups excluding carboxylic acids is 1. The molecule has 0 aromatic heterocycles. The summed E-state index contributed by atoms with van der Waals surface area (Å²) in [6.07, 6.45) is 1.80. The topological polar surface area (TPSA) is 50.8 Å². The van der Waals surface area contributed by atoms with E-state index in [1.165, 1.54) is 0 Å². The van der Waals surface area contributed by atoms with Gasteiger partial charge in [0.2, 0.25) is 0 Å². The van der Waals surface area contributed by atoms with Gasteiger partial charge >= 0.3 is 6.03 Å². The van der Waals surface area contributed by atoms with Crippen LogP contribution in [0.25, 0.3) is 0 Å². The van der Waals surface area contributed by atoms with Crippen LogP contribution >= 0.6 is 0 Å². The van der Waals surface area contributed by atoms with E-state index >= 15 is 0 Å². The number of hydrogen-bond acceptors (Lipinski definition) is 3. The molecular formula is C18H28N2O3. The fourth-order valence-corrected chi connectivity index (χ4v) is 2.83. The second kappa shape index (κ2) is 8.20. The Morgan fingerprint density at radius 2 is 1.96 bits per heavy atom. The Morgan fingerprint density at radius 1 is 1.35 bits per heavy atom. The number of amides is 2. The molecule has 5 heteroatoms. The molecule has 1 aliphatic rings. The van der Waals surface area contributed by atoms with E-state index in [4.69, 9.17) is 9.47 Å². The molecule has 2 amide bonds. The van der Waals surface area contributed by atoms with Gasteiger partial charge in [-0.2, -0.15) is 0 Å². The standard InChI is InChI=1S/C18H28N2O3/c1-13-6-5-7-14(2)17(13)23-12-15(3)19-18(21)20(4)16-8-10-22-11-9-16/h5-7,15-16H,8-12H2,1-4H3,(H,19,21). The fraction of sp³-hybridized carbons (Fsp3) is 0.611. The van der Waals surface area contributed by atoms with Gasteiger partial charge in [0, 0.05) is 26.3 Å². The molecule has 0 saturated carbocycles. The first-order valence-electron chi connectivity index (χ1n) is 8.29. The van der Waals surface area contributed by atoms with Crippen molar-refractivity contribution in [3.8, 4) is 5.75 Å². The zero-order valence-corrected chi connectivity index (χ0v) is 14.6. The number of benzene rings is 1. The molecule has 1 saturated heterocycles. The lowest BCUT2D eigenvalue weighted by molar-refractivity contribution is 0.0520. The molecule has 1 aromatic carbocycles. The van der Waals surface area contributed by atoms with Crippen molar-refractivity contribution < 1.29 is 14.3 Å². The zero-order chi connectivity index (χ0) is 16.8. The Balaban J connectivity index is 1.81. The number of aryl methyl sites for hydroxylation is 2. The van der Waals surface area contributed by atoms with Crippen molar-refractivity contribution in [2.75, 3.05) is 26.9 Å². The van der Waals surface area contributed by atoms with Crippen LogP contribution in [-0.4, -0.2) is 49.9 Å². The summed E-state index contributed by atoms with van der Waals surface area (Å²) < 4.78 is 11.2. The van der Waals surface area contributed by atoms with E-state index < -0.39 is 0 Å². The molecule has 1 unspecified atom stereocenters. The summed E-state index contributed by atoms with van der Waals surface area (Å²) in [6.45, 7) is 7.94. The van der Waals surface area contributed by atoms with Crippen LogP contribution in [0, 0.1) is 13.8 Å². The number of nitrogens with one attached hydrogen (secondary N) is 1. The van der Waals surface area contributed by atoms with Crippen molar-refractivity contribution >= 4 is 6.03 Å². The number of rotatable bonds is 5. The third-order valence-corrected chi connectivity index (χ3v) is 4.32. The van der Waals surface area contributed by atoms with Crippen LogP contribution in [0.3, 0.4) is 0 Å². The van der Waals surface area contributed by atoms with E-state index in [1.807, 2.05) is 46.0 Å². The molecule has 1 atom stereocenters. The highest BCUT2D eigenvalue weighted by molar-refractivity contribution is 5.74. The first kappa shape index (κ1) is 17.6. The van der Waals surface area contributed by atoms with E-state index in [2.05, 4.69) is 5.32 Å². The normalized spacial score (nSPS) is 16.7. The Bertz CT molecular complexity index is 507. The van der Waals surface area contributed by atoms with Gasteiger partial charge in [-0.3, -0.25) is 0 Å². The molecule has 0 bridgehead atoms. The maximum Gasteiger partial charge on any atom is 0.317 e. The highest BCUT2D eigenvalue weighted by Gasteiger charge is 2.23. The minimum absolute atomic E-state index is 0.0468. The largest absolute Gasteiger partial charge is 0.491 e. The number of urea groups is 1. The summed E-state index contributed by atoms with van der Waals surface area (Å²) >= 11 is 0. The summed E-state index contributed by atoms with van der Waals surface area (Å²) in [5.41, 5.74) is 2.23. The summed E-state index contributed by atoms with van der Waals surface area (Å²) in [5.74, 6) is 0.909. The Hall–Kier alpha value is -1.75. The summed E-state index contributed by atoms with van der Waals surface area (Å²) in [5, 5.41) is 3.01. The van der Waals surface area contributed by atoms with E-state index in [-0.39, 0.29) is 18.1 Å². The van der Waals surface area contributed by atoms with Gasteiger partial charge in [-0.15, -0.1) is 0 Å². The van der Waals surface area contributed by atoms with Gasteiger partial charge in [-0.1, -0.05) is 18.2 Å². The SMILES string of the molecule is Cc1cccc(C)c1OCC(C)NC(=O)N(C)C1CCOCC1. The third kappa shape index (κ3) is 4.86. The van der Waals surface area contributed by atoms with Crippen molar-refractivity contribution in [1.29, 1.82) is 0 Å². The minimum Gasteiger partial charge on any atom is -0.491 e. The van der Waals surface area contributed by atoms with Gasteiger partial charge in [0.15, 0.2) is 0 Å². The monoisotopic (exact) mass is 320 g/mol. The van der Waals surface area contributed by atoms with Crippen molar-refractivity contribution in [1.82, 2.24) is 10.2 Å². The third-order valence-electron chi connectivity index (χ3n) is 4.32. The maximum atomic E-state index is 12.3. The number of nitrogens with zero attached hydrogens (tertiary/aromatic N) is 1. The molecule has 1 aromatic rings. The molecule has 0 spiro atoms. The number of ether oxygens (including phenoxy) is 2. The lowest BCUT2D eigenvalue weighted by Gasteiger charge is -2.32. The van der Waals surface area contributed by atoms with Gasteiger partial charge in [0.05, 0.1) is 6.04 Å². The molecule has 1 aliphatic heterocycles. The smallest absolute Gasteiger partial charge is 0.317 e. The minimum atomic E-state index is -0.0520. The quantitative estimate of drug-likeness (QED) is 0.907. The first-order valence-corrected chi connectivity index (χ1v) is 8.29. The second-order valence-corrected chi connectivity index (χ2v) is 6.34. The lowest BCUT2D eigenvalue weighted by atomic mass is 10.1. The highest BCUT2D eigenvalue weighted by Crippen LogP contribution is 2.22. The van der Waals surface area contributed by atoms with E-state index in [0.29, 0.717) is 6.61 Å². The van der Waals surface area contributed by atoms with Crippen LogP contribution in [0.5, 0.6) is 5.75 Å². The molecule has 2 rings (SSSR count). The molecule has 1 N–H and O–H groups in total. The fourth-order valence-electron chi connectivity index (χ4n) is 2.83. The Labute approximate surface area is 139 Å². The molecular weight excluding hydrogens is 292 g/mol. The number of hydrogen-bond donors (Lipinski definition) is 1. The molecule has 5 nitrogen and oxygen atoms in total. The van der Waals surface area contributed by atoms with Crippen LogP contribution in [0.2, 0.25) is 0 Å². The van der Waals surface area contributed by atoms with Crippen molar-refractivity contribution in [3.63, 3.8) is 0 Å². The summed E-state index contributed by atoms with van der Waals surface area (Å²) in [6, 6.07) is 6.24. The molecule has 0 radical (unpaired) electrons. The summed E-state index contributed by atoms with van der Waals surface area (Å²) in [4.78, 5) is 14.1. The maximum absolute atomic E-state index is 12.3. The van der Waals surface area contributed by atoms with E-state index in [1.54, 1.807) is 4.90 Å². The average Bonchev–Trinajstić information content (AvgIpc) is 2.54. The number of para-hydroxylation sites is 1. The lowest BCUT2D eigenvalue weighted by Crippen LogP contribution is -2.49. The number of carbonyl (C=O) groups is 1. The molecule has 128 valence electrons. The van der Waals surface area contributed by atoms with Crippen LogP contribution < -0.4 is 10.1 Å². The zero-order valence-electron chi connectivity index (χ0n) is 14.6. The predicted molar refractivity (Wildman–Crippen MR) is 91.0 cm³/mol. The molecule has 1 fully saturated rings. The molecule has 23 heavy (non-hydrogen) atoms. The van der Waals surface area contributed by atoms with Gasteiger partial charge in [0.25, 0.3) is 0 Å². The van der Waals surface area contributed by atoms with Gasteiger partial charge in [0.1, 0.15) is 12.4 Å². The van der Waals surface area contributed by atoms with Crippen LogP contribution in [0.15, 0.2) is 18.2 Å². The van der Waals surface area contributed by atoms with E-state index in [0.717, 1.165) is 42.9 Å². The van der Waals surface area contributed by atoms with Gasteiger partial charge in [-0.25, -0.2) is 4.79 Å². The second-order valence-electron chi connectivity index (χ2n) is 6.34. The van der Waals surface area contributed by atoms with Crippen LogP contribution in [0.4, 0.5) is 4.79 Å². The Kier molecular flexibility index (Phi) is 6.28. The van der Waals surface area contributed by atoms with Crippen molar-refractivity contribution in [2.24, 2.45) is 0 Å². The predicted octanol–water partition coefficient (Wildman–Crippen LogP) is 2.89. The first-order chi connectivity index (χ1) is 11.0. The Morgan fingerprint density at radius 3 is 2.57 bits per heavy atom. The van der Waals surface area contributed by atoms with Crippen molar-refractivity contribution in [2.45, 2.75) is 45.7 Å². The van der Waals surface area contributed by atoms with Gasteiger partial charge < -0.3 is 19.7 Å². The highest BCUT2D eigenvalue weighted by atomic mass is 16.5. The molecule has 1 heterocycles.